The number of H-pyrrole nitrogens is 2. The van der Waals surface area contributed by atoms with E-state index in [0.717, 1.165) is 50.4 Å². The molecule has 2 aliphatic rings. The van der Waals surface area contributed by atoms with Crippen molar-refractivity contribution in [3.8, 4) is 0 Å². The summed E-state index contributed by atoms with van der Waals surface area (Å²) in [6.45, 7) is 0. The molecule has 2 aliphatic heterocycles. The van der Waals surface area contributed by atoms with Crippen molar-refractivity contribution >= 4 is 57.3 Å². The Morgan fingerprint density at radius 3 is 1.37 bits per heavy atom. The zero-order chi connectivity index (χ0) is 22.7. The predicted molar refractivity (Wildman–Crippen MR) is 141 cm³/mol. The molecule has 0 saturated carbocycles. The van der Waals surface area contributed by atoms with Crippen molar-refractivity contribution in [3.05, 3.63) is 114 Å². The van der Waals surface area contributed by atoms with E-state index in [1.165, 1.54) is 5.39 Å². The molecule has 0 atom stereocenters. The van der Waals surface area contributed by atoms with E-state index < -0.39 is 0 Å². The Bertz CT molecular complexity index is 1490. The average molecular weight is 495 g/mol. The second-order valence-electron chi connectivity index (χ2n) is 8.10. The first-order chi connectivity index (χ1) is 16.8. The van der Waals surface area contributed by atoms with Gasteiger partial charge in [-0.05, 0) is 85.0 Å². The predicted octanol–water partition coefficient (Wildman–Crippen LogP) is 6.89. The van der Waals surface area contributed by atoms with E-state index in [1.54, 1.807) is 0 Å². The molecule has 7 rings (SSSR count). The summed E-state index contributed by atoms with van der Waals surface area (Å²) in [6, 6.07) is 28.4. The zero-order valence-corrected chi connectivity index (χ0v) is 19.8. The number of nitrogens with zero attached hydrogens (tertiary/aromatic N) is 3. The summed E-state index contributed by atoms with van der Waals surface area (Å²) in [6.07, 6.45) is 9.90. The van der Waals surface area contributed by atoms with Gasteiger partial charge in [0.05, 0.1) is 28.3 Å². The molecule has 4 aromatic heterocycles. The normalized spacial score (nSPS) is 11.5. The fourth-order valence-electron chi connectivity index (χ4n) is 3.96. The minimum atomic E-state index is 0. The number of para-hydroxylation sites is 1. The van der Waals surface area contributed by atoms with Gasteiger partial charge in [0.15, 0.2) is 0 Å². The van der Waals surface area contributed by atoms with Crippen molar-refractivity contribution < 1.29 is 17.1 Å². The van der Waals surface area contributed by atoms with Crippen molar-refractivity contribution in [2.45, 2.75) is 0 Å². The number of aromatic nitrogens is 5. The fraction of sp³-hybridized carbons (Fsp3) is 0. The van der Waals surface area contributed by atoms with Gasteiger partial charge in [0.1, 0.15) is 0 Å². The van der Waals surface area contributed by atoms with Gasteiger partial charge in [0.25, 0.3) is 0 Å². The van der Waals surface area contributed by atoms with E-state index in [-0.39, 0.29) is 17.1 Å². The van der Waals surface area contributed by atoms with Crippen LogP contribution in [0.1, 0.15) is 22.8 Å². The van der Waals surface area contributed by atoms with Gasteiger partial charge >= 0.3 is 0 Å². The van der Waals surface area contributed by atoms with Crippen LogP contribution in [0.5, 0.6) is 0 Å². The second-order valence-corrected chi connectivity index (χ2v) is 8.10. The maximum absolute atomic E-state index is 4.63. The molecular formula is C29H21FeN5. The standard InChI is InChI=1S/C20H14N4.C9H7N.Fe/c1-2-14-10-16-5-6-18(23-16)12-20-8-7-19(24-20)11-17-4-3-15(22-17)9-13(1)21-14;1-2-6-9-8(4-1)5-3-7-10-9;/h1-12,21,24H;1-7H;. The van der Waals surface area contributed by atoms with E-state index in [1.807, 2.05) is 79.0 Å². The van der Waals surface area contributed by atoms with Crippen LogP contribution in [0.25, 0.3) is 57.3 Å². The third-order valence-corrected chi connectivity index (χ3v) is 5.55. The van der Waals surface area contributed by atoms with E-state index in [9.17, 15) is 0 Å². The monoisotopic (exact) mass is 495 g/mol. The number of aromatic amines is 2. The van der Waals surface area contributed by atoms with Gasteiger partial charge in [-0.15, -0.1) is 0 Å². The number of benzene rings is 1. The summed E-state index contributed by atoms with van der Waals surface area (Å²) in [5.74, 6) is 0. The van der Waals surface area contributed by atoms with Gasteiger partial charge in [0.2, 0.25) is 0 Å². The molecule has 0 radical (unpaired) electrons. The van der Waals surface area contributed by atoms with Gasteiger partial charge in [-0.3, -0.25) is 4.98 Å². The van der Waals surface area contributed by atoms with Crippen LogP contribution in [0.3, 0.4) is 0 Å². The van der Waals surface area contributed by atoms with Crippen molar-refractivity contribution in [1.82, 2.24) is 24.9 Å². The molecule has 8 bridgehead atoms. The maximum atomic E-state index is 4.63. The Balaban J connectivity index is 0.000000194. The average Bonchev–Trinajstić information content (AvgIpc) is 3.66. The molecule has 6 heterocycles. The molecular weight excluding hydrogens is 474 g/mol. The van der Waals surface area contributed by atoms with Crippen LogP contribution in [0.4, 0.5) is 0 Å². The Labute approximate surface area is 212 Å². The molecule has 0 saturated heterocycles. The molecule has 1 aromatic carbocycles. The van der Waals surface area contributed by atoms with Crippen LogP contribution in [0.2, 0.25) is 0 Å². The topological polar surface area (TPSA) is 70.2 Å². The Morgan fingerprint density at radius 1 is 0.486 bits per heavy atom. The number of fused-ring (bicyclic) bond motifs is 9. The van der Waals surface area contributed by atoms with Gasteiger partial charge in [-0.25, -0.2) is 9.97 Å². The summed E-state index contributed by atoms with van der Waals surface area (Å²) in [5, 5.41) is 1.20. The number of rotatable bonds is 0. The minimum Gasteiger partial charge on any atom is -0.355 e. The van der Waals surface area contributed by atoms with Gasteiger partial charge in [-0.2, -0.15) is 0 Å². The van der Waals surface area contributed by atoms with Gasteiger partial charge in [-0.1, -0.05) is 24.3 Å². The second kappa shape index (κ2) is 9.93. The smallest absolute Gasteiger partial charge is 0.0701 e. The molecule has 0 spiro atoms. The largest absolute Gasteiger partial charge is 0.355 e. The van der Waals surface area contributed by atoms with Crippen molar-refractivity contribution in [2.75, 3.05) is 0 Å². The first-order valence-electron chi connectivity index (χ1n) is 11.1. The molecule has 5 aromatic rings. The van der Waals surface area contributed by atoms with E-state index in [2.05, 4.69) is 61.3 Å². The fourth-order valence-corrected chi connectivity index (χ4v) is 3.96. The molecule has 0 fully saturated rings. The van der Waals surface area contributed by atoms with Crippen LogP contribution < -0.4 is 0 Å². The molecule has 5 nitrogen and oxygen atoms in total. The number of nitrogens with one attached hydrogen (secondary N) is 2. The first-order valence-corrected chi connectivity index (χ1v) is 11.1. The molecule has 0 aliphatic carbocycles. The SMILES string of the molecule is C1=Cc2cc3ccc(cc4nc(cc5ccc(cc1n2)[nH]5)C=C4)[nH]3.[Fe].c1ccc2ncccc2c1. The third kappa shape index (κ3) is 5.30. The van der Waals surface area contributed by atoms with Gasteiger partial charge < -0.3 is 9.97 Å². The summed E-state index contributed by atoms with van der Waals surface area (Å²) < 4.78 is 0. The molecule has 170 valence electrons. The zero-order valence-electron chi connectivity index (χ0n) is 18.7. The number of pyridine rings is 1. The van der Waals surface area contributed by atoms with Crippen molar-refractivity contribution in [1.29, 1.82) is 0 Å². The van der Waals surface area contributed by atoms with Crippen LogP contribution in [-0.2, 0) is 17.1 Å². The quantitative estimate of drug-likeness (QED) is 0.225. The Morgan fingerprint density at radius 2 is 0.914 bits per heavy atom. The summed E-state index contributed by atoms with van der Waals surface area (Å²) in [7, 11) is 0. The Kier molecular flexibility index (Phi) is 6.40. The minimum absolute atomic E-state index is 0. The van der Waals surface area contributed by atoms with Crippen LogP contribution >= 0.6 is 0 Å². The summed E-state index contributed by atoms with van der Waals surface area (Å²) in [4.78, 5) is 20.2. The Hall–Kier alpha value is -4.25. The number of hydrogen-bond acceptors (Lipinski definition) is 3. The van der Waals surface area contributed by atoms with Crippen LogP contribution in [-0.4, -0.2) is 24.9 Å². The molecule has 0 amide bonds. The maximum Gasteiger partial charge on any atom is 0.0701 e. The van der Waals surface area contributed by atoms with Crippen LogP contribution in [0.15, 0.2) is 91.1 Å². The third-order valence-electron chi connectivity index (χ3n) is 5.55. The van der Waals surface area contributed by atoms with E-state index in [0.29, 0.717) is 0 Å². The van der Waals surface area contributed by atoms with Crippen molar-refractivity contribution in [2.24, 2.45) is 0 Å². The van der Waals surface area contributed by atoms with Crippen LogP contribution in [0, 0.1) is 0 Å². The first kappa shape index (κ1) is 22.5. The molecule has 2 N–H and O–H groups in total. The molecule has 35 heavy (non-hydrogen) atoms. The summed E-state index contributed by atoms with van der Waals surface area (Å²) >= 11 is 0. The van der Waals surface area contributed by atoms with E-state index >= 15 is 0 Å². The van der Waals surface area contributed by atoms with E-state index in [4.69, 9.17) is 0 Å². The summed E-state index contributed by atoms with van der Waals surface area (Å²) in [5.41, 5.74) is 8.92. The number of hydrogen-bond donors (Lipinski definition) is 2. The van der Waals surface area contributed by atoms with Gasteiger partial charge in [0, 0.05) is 50.7 Å². The van der Waals surface area contributed by atoms with Crippen molar-refractivity contribution in [3.63, 3.8) is 0 Å². The molecule has 0 unspecified atom stereocenters. The molecule has 6 heteroatoms.